The molecule has 14 heavy (non-hydrogen) atoms. The van der Waals surface area contributed by atoms with E-state index >= 15 is 0 Å². The number of rotatable bonds is 6. The molecule has 5 heteroatoms. The molecule has 0 aliphatic rings. The molecule has 2 N–H and O–H groups in total. The highest BCUT2D eigenvalue weighted by Gasteiger charge is 2.06. The van der Waals surface area contributed by atoms with Crippen molar-refractivity contribution in [1.29, 1.82) is 0 Å². The van der Waals surface area contributed by atoms with E-state index in [9.17, 15) is 4.79 Å². The van der Waals surface area contributed by atoms with Crippen molar-refractivity contribution >= 4 is 5.78 Å². The van der Waals surface area contributed by atoms with Crippen molar-refractivity contribution in [3.8, 4) is 0 Å². The molecule has 0 saturated heterocycles. The SMILES string of the molecule is Cn1ccnc1CC(=O)COCCN. The molecule has 78 valence electrons. The average Bonchev–Trinajstić information content (AvgIpc) is 2.52. The molecule has 0 aliphatic carbocycles. The molecule has 0 spiro atoms. The molecule has 0 saturated carbocycles. The normalized spacial score (nSPS) is 10.4. The maximum Gasteiger partial charge on any atom is 0.165 e. The number of ketones is 1. The van der Waals surface area contributed by atoms with Crippen LogP contribution in [0.3, 0.4) is 0 Å². The van der Waals surface area contributed by atoms with Gasteiger partial charge in [-0.05, 0) is 0 Å². The van der Waals surface area contributed by atoms with Crippen LogP contribution in [0.25, 0.3) is 0 Å². The van der Waals surface area contributed by atoms with Gasteiger partial charge in [0, 0.05) is 26.0 Å². The highest BCUT2D eigenvalue weighted by Crippen LogP contribution is 1.96. The number of Topliss-reactive ketones (excluding diaryl/α,β-unsaturated/α-hetero) is 1. The summed E-state index contributed by atoms with van der Waals surface area (Å²) in [5.74, 6) is 0.777. The lowest BCUT2D eigenvalue weighted by Crippen LogP contribution is -2.17. The lowest BCUT2D eigenvalue weighted by Gasteiger charge is -2.02. The number of hydrogen-bond acceptors (Lipinski definition) is 4. The Balaban J connectivity index is 2.31. The molecule has 0 unspecified atom stereocenters. The zero-order chi connectivity index (χ0) is 10.4. The van der Waals surface area contributed by atoms with Gasteiger partial charge < -0.3 is 15.0 Å². The third kappa shape index (κ3) is 3.27. The second-order valence-electron chi connectivity index (χ2n) is 3.01. The minimum Gasteiger partial charge on any atom is -0.372 e. The maximum absolute atomic E-state index is 11.3. The van der Waals surface area contributed by atoms with Gasteiger partial charge in [-0.25, -0.2) is 4.98 Å². The van der Waals surface area contributed by atoms with Crippen LogP contribution in [0.2, 0.25) is 0 Å². The van der Waals surface area contributed by atoms with E-state index in [-0.39, 0.29) is 12.4 Å². The van der Waals surface area contributed by atoms with Crippen molar-refractivity contribution in [3.63, 3.8) is 0 Å². The summed E-state index contributed by atoms with van der Waals surface area (Å²) < 4.78 is 6.84. The summed E-state index contributed by atoms with van der Waals surface area (Å²) in [7, 11) is 1.86. The van der Waals surface area contributed by atoms with E-state index in [1.807, 2.05) is 17.8 Å². The molecule has 5 nitrogen and oxygen atoms in total. The predicted molar refractivity (Wildman–Crippen MR) is 51.8 cm³/mol. The lowest BCUT2D eigenvalue weighted by atomic mass is 10.3. The van der Waals surface area contributed by atoms with Gasteiger partial charge in [-0.1, -0.05) is 0 Å². The van der Waals surface area contributed by atoms with Crippen LogP contribution in [0.4, 0.5) is 0 Å². The van der Waals surface area contributed by atoms with Crippen molar-refractivity contribution < 1.29 is 9.53 Å². The Kier molecular flexibility index (Phi) is 4.28. The summed E-state index contributed by atoms with van der Waals surface area (Å²) in [6.45, 7) is 0.978. The van der Waals surface area contributed by atoms with Crippen LogP contribution in [-0.2, 0) is 23.0 Å². The fourth-order valence-corrected chi connectivity index (χ4v) is 1.06. The van der Waals surface area contributed by atoms with Gasteiger partial charge in [0.05, 0.1) is 13.0 Å². The van der Waals surface area contributed by atoms with Crippen LogP contribution < -0.4 is 5.73 Å². The third-order valence-corrected chi connectivity index (χ3v) is 1.80. The van der Waals surface area contributed by atoms with Gasteiger partial charge in [-0.3, -0.25) is 4.79 Å². The number of carbonyl (C=O) groups excluding carboxylic acids is 1. The van der Waals surface area contributed by atoms with Crippen LogP contribution in [0.5, 0.6) is 0 Å². The third-order valence-electron chi connectivity index (χ3n) is 1.80. The molecule has 0 aliphatic heterocycles. The van der Waals surface area contributed by atoms with Crippen molar-refractivity contribution in [2.45, 2.75) is 6.42 Å². The standard InChI is InChI=1S/C9H15N3O2/c1-12-4-3-11-9(12)6-8(13)7-14-5-2-10/h3-4H,2,5-7,10H2,1H3. The molecule has 1 heterocycles. The number of carbonyl (C=O) groups is 1. The zero-order valence-electron chi connectivity index (χ0n) is 8.27. The van der Waals surface area contributed by atoms with Crippen LogP contribution in [0, 0.1) is 0 Å². The molecule has 0 radical (unpaired) electrons. The molecular formula is C9H15N3O2. The molecule has 0 atom stereocenters. The second-order valence-corrected chi connectivity index (χ2v) is 3.01. The molecule has 0 aromatic carbocycles. The highest BCUT2D eigenvalue weighted by molar-refractivity contribution is 5.81. The van der Waals surface area contributed by atoms with E-state index in [4.69, 9.17) is 10.5 Å². The monoisotopic (exact) mass is 197 g/mol. The van der Waals surface area contributed by atoms with Gasteiger partial charge in [0.1, 0.15) is 12.4 Å². The first-order chi connectivity index (χ1) is 6.74. The first-order valence-electron chi connectivity index (χ1n) is 4.49. The van der Waals surface area contributed by atoms with Gasteiger partial charge in [0.25, 0.3) is 0 Å². The maximum atomic E-state index is 11.3. The minimum absolute atomic E-state index is 0.0211. The van der Waals surface area contributed by atoms with E-state index in [1.54, 1.807) is 6.20 Å². The number of aromatic nitrogens is 2. The Morgan fingerprint density at radius 2 is 2.50 bits per heavy atom. The summed E-state index contributed by atoms with van der Waals surface area (Å²) in [4.78, 5) is 15.4. The van der Waals surface area contributed by atoms with Gasteiger partial charge in [0.15, 0.2) is 5.78 Å². The quantitative estimate of drug-likeness (QED) is 0.624. The Bertz CT molecular complexity index is 296. The molecule has 1 rings (SSSR count). The predicted octanol–water partition coefficient (Wildman–Crippen LogP) is -0.493. The smallest absolute Gasteiger partial charge is 0.165 e. The summed E-state index contributed by atoms with van der Waals surface area (Å²) in [5.41, 5.74) is 5.22. The minimum atomic E-state index is 0.0211. The molecule has 0 fully saturated rings. The number of nitrogens with zero attached hydrogens (tertiary/aromatic N) is 2. The van der Waals surface area contributed by atoms with Crippen LogP contribution in [0.15, 0.2) is 12.4 Å². The average molecular weight is 197 g/mol. The van der Waals surface area contributed by atoms with Gasteiger partial charge in [0.2, 0.25) is 0 Å². The summed E-state index contributed by atoms with van der Waals surface area (Å²) in [5, 5.41) is 0. The molecule has 0 amide bonds. The number of aryl methyl sites for hydroxylation is 1. The molecular weight excluding hydrogens is 182 g/mol. The Morgan fingerprint density at radius 1 is 1.71 bits per heavy atom. The fraction of sp³-hybridized carbons (Fsp3) is 0.556. The van der Waals surface area contributed by atoms with E-state index in [0.29, 0.717) is 19.6 Å². The summed E-state index contributed by atoms with van der Waals surface area (Å²) in [6.07, 6.45) is 3.79. The highest BCUT2D eigenvalue weighted by atomic mass is 16.5. The fourth-order valence-electron chi connectivity index (χ4n) is 1.06. The van der Waals surface area contributed by atoms with Crippen LogP contribution >= 0.6 is 0 Å². The van der Waals surface area contributed by atoms with Crippen molar-refractivity contribution in [3.05, 3.63) is 18.2 Å². The Hall–Kier alpha value is -1.20. The summed E-state index contributed by atoms with van der Waals surface area (Å²) >= 11 is 0. The van der Waals surface area contributed by atoms with Gasteiger partial charge >= 0.3 is 0 Å². The van der Waals surface area contributed by atoms with E-state index in [1.165, 1.54) is 0 Å². The zero-order valence-corrected chi connectivity index (χ0v) is 8.27. The summed E-state index contributed by atoms with van der Waals surface area (Å²) in [6, 6.07) is 0. The van der Waals surface area contributed by atoms with E-state index in [0.717, 1.165) is 5.82 Å². The van der Waals surface area contributed by atoms with Crippen LogP contribution in [-0.4, -0.2) is 35.1 Å². The van der Waals surface area contributed by atoms with Crippen molar-refractivity contribution in [2.24, 2.45) is 12.8 Å². The molecule has 1 aromatic heterocycles. The topological polar surface area (TPSA) is 70.1 Å². The first-order valence-corrected chi connectivity index (χ1v) is 4.49. The second kappa shape index (κ2) is 5.51. The lowest BCUT2D eigenvalue weighted by molar-refractivity contribution is -0.122. The van der Waals surface area contributed by atoms with E-state index in [2.05, 4.69) is 4.98 Å². The number of ether oxygens (including phenoxy) is 1. The first kappa shape index (κ1) is 10.9. The number of hydrogen-bond donors (Lipinski definition) is 1. The van der Waals surface area contributed by atoms with Crippen molar-refractivity contribution in [1.82, 2.24) is 9.55 Å². The Labute approximate surface area is 82.9 Å². The Morgan fingerprint density at radius 3 is 3.07 bits per heavy atom. The number of imidazole rings is 1. The molecule has 0 bridgehead atoms. The van der Waals surface area contributed by atoms with E-state index < -0.39 is 0 Å². The van der Waals surface area contributed by atoms with Gasteiger partial charge in [-0.2, -0.15) is 0 Å². The number of nitrogens with two attached hydrogens (primary N) is 1. The molecule has 1 aromatic rings. The van der Waals surface area contributed by atoms with Crippen LogP contribution in [0.1, 0.15) is 5.82 Å². The van der Waals surface area contributed by atoms with Gasteiger partial charge in [-0.15, -0.1) is 0 Å². The largest absolute Gasteiger partial charge is 0.372 e. The van der Waals surface area contributed by atoms with Crippen molar-refractivity contribution in [2.75, 3.05) is 19.8 Å².